The van der Waals surface area contributed by atoms with Crippen molar-refractivity contribution in [1.82, 2.24) is 4.31 Å². The topological polar surface area (TPSA) is 54.5 Å². The Hall–Kier alpha value is -0.580. The summed E-state index contributed by atoms with van der Waals surface area (Å²) in [6.45, 7) is 1.89. The zero-order valence-electron chi connectivity index (χ0n) is 6.70. The van der Waals surface area contributed by atoms with Crippen molar-refractivity contribution in [3.8, 4) is 0 Å². The summed E-state index contributed by atoms with van der Waals surface area (Å²) in [6, 6.07) is 0. The summed E-state index contributed by atoms with van der Waals surface area (Å²) in [7, 11) is -2.17. The number of carbonyl (C=O) groups excluding carboxylic acids is 1. The molecule has 0 rings (SSSR count). The van der Waals surface area contributed by atoms with Gasteiger partial charge in [-0.05, 0) is 6.42 Å². The SMILES string of the molecule is CCCCS(=O)(=O)N(C)[C]=O. The molecular weight excluding hydrogens is 166 g/mol. The fourth-order valence-corrected chi connectivity index (χ4v) is 1.56. The molecule has 0 saturated carbocycles. The maximum Gasteiger partial charge on any atom is 0.326 e. The van der Waals surface area contributed by atoms with Crippen LogP contribution in [0.2, 0.25) is 0 Å². The summed E-state index contributed by atoms with van der Waals surface area (Å²) in [5.41, 5.74) is 0. The number of hydrogen-bond donors (Lipinski definition) is 0. The Morgan fingerprint density at radius 3 is 2.36 bits per heavy atom. The van der Waals surface area contributed by atoms with E-state index in [1.807, 2.05) is 6.92 Å². The third kappa shape index (κ3) is 3.36. The highest BCUT2D eigenvalue weighted by Gasteiger charge is 2.14. The molecule has 0 saturated heterocycles. The summed E-state index contributed by atoms with van der Waals surface area (Å²) < 4.78 is 22.6. The number of amides is 1. The Labute approximate surface area is 67.2 Å². The van der Waals surface area contributed by atoms with Gasteiger partial charge in [0.2, 0.25) is 10.0 Å². The van der Waals surface area contributed by atoms with Crippen LogP contribution in [0.3, 0.4) is 0 Å². The van der Waals surface area contributed by atoms with Crippen LogP contribution in [0, 0.1) is 0 Å². The van der Waals surface area contributed by atoms with Gasteiger partial charge in [-0.3, -0.25) is 4.79 Å². The van der Waals surface area contributed by atoms with E-state index >= 15 is 0 Å². The van der Waals surface area contributed by atoms with E-state index in [0.717, 1.165) is 6.42 Å². The van der Waals surface area contributed by atoms with E-state index in [9.17, 15) is 13.2 Å². The highest BCUT2D eigenvalue weighted by molar-refractivity contribution is 7.89. The largest absolute Gasteiger partial charge is 0.326 e. The predicted octanol–water partition coefficient (Wildman–Crippen LogP) is 0.115. The van der Waals surface area contributed by atoms with Gasteiger partial charge in [-0.1, -0.05) is 13.3 Å². The fraction of sp³-hybridized carbons (Fsp3) is 0.833. The highest BCUT2D eigenvalue weighted by atomic mass is 32.2. The molecule has 0 aromatic rings. The van der Waals surface area contributed by atoms with Gasteiger partial charge in [0.1, 0.15) is 0 Å². The van der Waals surface area contributed by atoms with Gasteiger partial charge in [0.25, 0.3) is 0 Å². The fourth-order valence-electron chi connectivity index (χ4n) is 0.520. The van der Waals surface area contributed by atoms with E-state index in [1.165, 1.54) is 13.5 Å². The van der Waals surface area contributed by atoms with Crippen LogP contribution in [0.15, 0.2) is 0 Å². The maximum absolute atomic E-state index is 11.0. The zero-order valence-corrected chi connectivity index (χ0v) is 7.52. The molecule has 0 unspecified atom stereocenters. The summed E-state index contributed by atoms with van der Waals surface area (Å²) in [5, 5.41) is 0. The molecule has 0 bridgehead atoms. The predicted molar refractivity (Wildman–Crippen MR) is 42.2 cm³/mol. The molecular formula is C6H12NO3S. The molecule has 11 heavy (non-hydrogen) atoms. The van der Waals surface area contributed by atoms with E-state index < -0.39 is 10.0 Å². The first-order valence-corrected chi connectivity index (χ1v) is 5.00. The minimum atomic E-state index is -3.36. The van der Waals surface area contributed by atoms with Crippen LogP contribution in [-0.4, -0.2) is 31.9 Å². The van der Waals surface area contributed by atoms with E-state index in [0.29, 0.717) is 10.7 Å². The summed E-state index contributed by atoms with van der Waals surface area (Å²) in [6.07, 6.45) is 2.68. The normalized spacial score (nSPS) is 11.1. The van der Waals surface area contributed by atoms with Crippen molar-refractivity contribution in [3.63, 3.8) is 0 Å². The molecule has 0 aromatic heterocycles. The minimum absolute atomic E-state index is 0.0231. The molecule has 0 atom stereocenters. The van der Waals surface area contributed by atoms with Crippen molar-refractivity contribution in [2.45, 2.75) is 19.8 Å². The second-order valence-electron chi connectivity index (χ2n) is 2.23. The van der Waals surface area contributed by atoms with Crippen LogP contribution in [-0.2, 0) is 14.8 Å². The van der Waals surface area contributed by atoms with Gasteiger partial charge in [0.15, 0.2) is 0 Å². The minimum Gasteiger partial charge on any atom is -0.262 e. The van der Waals surface area contributed by atoms with Crippen molar-refractivity contribution in [1.29, 1.82) is 0 Å². The molecule has 0 heterocycles. The van der Waals surface area contributed by atoms with Crippen molar-refractivity contribution in [3.05, 3.63) is 0 Å². The van der Waals surface area contributed by atoms with Gasteiger partial charge in [-0.2, -0.15) is 0 Å². The standard InChI is InChI=1S/C6H12NO3S/c1-3-4-5-11(9,10)7(2)6-8/h3-5H2,1-2H3. The smallest absolute Gasteiger partial charge is 0.262 e. The molecule has 0 aliphatic rings. The van der Waals surface area contributed by atoms with Crippen LogP contribution >= 0.6 is 0 Å². The van der Waals surface area contributed by atoms with Gasteiger partial charge in [0.05, 0.1) is 5.75 Å². The summed E-state index contributed by atoms with van der Waals surface area (Å²) in [4.78, 5) is 9.94. The molecule has 0 fully saturated rings. The van der Waals surface area contributed by atoms with Crippen LogP contribution < -0.4 is 0 Å². The van der Waals surface area contributed by atoms with Crippen molar-refractivity contribution in [2.24, 2.45) is 0 Å². The lowest BCUT2D eigenvalue weighted by molar-refractivity contribution is 0.497. The average Bonchev–Trinajstić information content (AvgIpc) is 1.99. The third-order valence-electron chi connectivity index (χ3n) is 1.30. The van der Waals surface area contributed by atoms with Crippen LogP contribution in [0.1, 0.15) is 19.8 Å². The van der Waals surface area contributed by atoms with Gasteiger partial charge < -0.3 is 0 Å². The first-order valence-electron chi connectivity index (χ1n) is 3.39. The number of sulfonamides is 1. The molecule has 0 spiro atoms. The average molecular weight is 178 g/mol. The summed E-state index contributed by atoms with van der Waals surface area (Å²) >= 11 is 0. The molecule has 1 amide bonds. The Morgan fingerprint density at radius 1 is 1.45 bits per heavy atom. The molecule has 65 valence electrons. The Balaban J connectivity index is 4.11. The Morgan fingerprint density at radius 2 is 2.00 bits per heavy atom. The van der Waals surface area contributed by atoms with Crippen LogP contribution in [0.5, 0.6) is 0 Å². The number of nitrogens with zero attached hydrogens (tertiary/aromatic N) is 1. The molecule has 4 nitrogen and oxygen atoms in total. The zero-order chi connectivity index (χ0) is 8.91. The molecule has 1 radical (unpaired) electrons. The first kappa shape index (κ1) is 10.4. The lowest BCUT2D eigenvalue weighted by atomic mass is 10.4. The third-order valence-corrected chi connectivity index (χ3v) is 3.02. The monoisotopic (exact) mass is 178 g/mol. The van der Waals surface area contributed by atoms with E-state index in [4.69, 9.17) is 0 Å². The van der Waals surface area contributed by atoms with Gasteiger partial charge in [0, 0.05) is 7.05 Å². The lowest BCUT2D eigenvalue weighted by Gasteiger charge is -2.09. The van der Waals surface area contributed by atoms with Crippen molar-refractivity contribution >= 4 is 16.4 Å². The van der Waals surface area contributed by atoms with Crippen LogP contribution in [0.4, 0.5) is 0 Å². The first-order chi connectivity index (χ1) is 5.04. The van der Waals surface area contributed by atoms with Crippen molar-refractivity contribution < 1.29 is 13.2 Å². The molecule has 0 aliphatic carbocycles. The second kappa shape index (κ2) is 4.33. The summed E-state index contributed by atoms with van der Waals surface area (Å²) in [5.74, 6) is 0.0231. The lowest BCUT2D eigenvalue weighted by Crippen LogP contribution is -2.27. The molecule has 0 aliphatic heterocycles. The molecule has 5 heteroatoms. The quantitative estimate of drug-likeness (QED) is 0.562. The second-order valence-corrected chi connectivity index (χ2v) is 4.35. The number of unbranched alkanes of at least 4 members (excludes halogenated alkanes) is 1. The molecule has 0 aromatic carbocycles. The number of hydrogen-bond acceptors (Lipinski definition) is 3. The highest BCUT2D eigenvalue weighted by Crippen LogP contribution is 1.99. The van der Waals surface area contributed by atoms with Crippen LogP contribution in [0.25, 0.3) is 0 Å². The number of rotatable bonds is 5. The van der Waals surface area contributed by atoms with E-state index in [2.05, 4.69) is 0 Å². The van der Waals surface area contributed by atoms with Crippen molar-refractivity contribution in [2.75, 3.05) is 12.8 Å². The maximum atomic E-state index is 11.0. The Kier molecular flexibility index (Phi) is 4.10. The van der Waals surface area contributed by atoms with E-state index in [1.54, 1.807) is 0 Å². The van der Waals surface area contributed by atoms with Gasteiger partial charge in [-0.25, -0.2) is 12.7 Å². The van der Waals surface area contributed by atoms with Gasteiger partial charge >= 0.3 is 6.41 Å². The van der Waals surface area contributed by atoms with Gasteiger partial charge in [-0.15, -0.1) is 0 Å². The molecule has 0 N–H and O–H groups in total. The Bertz CT molecular complexity index is 210. The van der Waals surface area contributed by atoms with E-state index in [-0.39, 0.29) is 5.75 Å².